The van der Waals surface area contributed by atoms with E-state index in [1.54, 1.807) is 0 Å². The lowest BCUT2D eigenvalue weighted by Crippen LogP contribution is -2.44. The van der Waals surface area contributed by atoms with E-state index in [4.69, 9.17) is 0 Å². The Morgan fingerprint density at radius 3 is 2.88 bits per heavy atom. The van der Waals surface area contributed by atoms with Crippen LogP contribution >= 0.6 is 0 Å². The molecule has 0 saturated carbocycles. The normalized spacial score (nSPS) is 18.2. The Hall–Kier alpha value is -1.21. The van der Waals surface area contributed by atoms with Crippen LogP contribution in [0.2, 0.25) is 0 Å². The van der Waals surface area contributed by atoms with E-state index in [0.717, 1.165) is 12.1 Å². The second kappa shape index (κ2) is 3.99. The van der Waals surface area contributed by atoms with Crippen molar-refractivity contribution in [2.75, 3.05) is 24.8 Å². The van der Waals surface area contributed by atoms with Crippen LogP contribution < -0.4 is 9.62 Å². The van der Waals surface area contributed by atoms with E-state index in [-0.39, 0.29) is 23.8 Å². The molecule has 0 atom stereocenters. The molecule has 0 radical (unpaired) electrons. The zero-order valence-electron chi connectivity index (χ0n) is 8.28. The maximum atomic E-state index is 13.0. The van der Waals surface area contributed by atoms with Gasteiger partial charge in [0.25, 0.3) is 0 Å². The van der Waals surface area contributed by atoms with Gasteiger partial charge in [-0.1, -0.05) is 0 Å². The number of nitrogens with one attached hydrogen (secondary N) is 1. The first-order chi connectivity index (χ1) is 7.54. The SMILES string of the molecule is O=S1(=O)NCN(CCF)c2cc(F)ccc21. The van der Waals surface area contributed by atoms with Gasteiger partial charge in [0, 0.05) is 6.54 Å². The second-order valence-corrected chi connectivity index (χ2v) is 5.11. The van der Waals surface area contributed by atoms with Gasteiger partial charge in [0.05, 0.1) is 12.4 Å². The van der Waals surface area contributed by atoms with Crippen LogP contribution in [0.25, 0.3) is 0 Å². The van der Waals surface area contributed by atoms with Crippen molar-refractivity contribution >= 4 is 15.7 Å². The number of alkyl halides is 1. The molecule has 0 saturated heterocycles. The van der Waals surface area contributed by atoms with Crippen LogP contribution in [0.15, 0.2) is 23.1 Å². The van der Waals surface area contributed by atoms with Crippen LogP contribution in [0.1, 0.15) is 0 Å². The fourth-order valence-corrected chi connectivity index (χ4v) is 2.78. The van der Waals surface area contributed by atoms with Gasteiger partial charge in [-0.2, -0.15) is 4.72 Å². The smallest absolute Gasteiger partial charge is 0.244 e. The molecule has 0 aliphatic carbocycles. The van der Waals surface area contributed by atoms with Crippen LogP contribution in [0, 0.1) is 5.82 Å². The third-order valence-electron chi connectivity index (χ3n) is 2.35. The second-order valence-electron chi connectivity index (χ2n) is 3.37. The van der Waals surface area contributed by atoms with Crippen LogP contribution in [-0.2, 0) is 10.0 Å². The Kier molecular flexibility index (Phi) is 2.81. The van der Waals surface area contributed by atoms with E-state index >= 15 is 0 Å². The maximum Gasteiger partial charge on any atom is 0.244 e. The predicted octanol–water partition coefficient (Wildman–Crippen LogP) is 0.851. The van der Waals surface area contributed by atoms with Crippen molar-refractivity contribution in [2.24, 2.45) is 0 Å². The molecule has 4 nitrogen and oxygen atoms in total. The summed E-state index contributed by atoms with van der Waals surface area (Å²) in [5.41, 5.74) is 0.205. The number of hydrogen-bond donors (Lipinski definition) is 1. The quantitative estimate of drug-likeness (QED) is 0.844. The molecule has 0 amide bonds. The van der Waals surface area contributed by atoms with Crippen LogP contribution in [0.4, 0.5) is 14.5 Å². The molecular weight excluding hydrogens is 238 g/mol. The molecule has 1 aliphatic rings. The number of hydrogen-bond acceptors (Lipinski definition) is 3. The van der Waals surface area contributed by atoms with E-state index < -0.39 is 22.5 Å². The van der Waals surface area contributed by atoms with E-state index in [1.807, 2.05) is 0 Å². The van der Waals surface area contributed by atoms with Gasteiger partial charge in [-0.05, 0) is 18.2 Å². The van der Waals surface area contributed by atoms with E-state index in [1.165, 1.54) is 11.0 Å². The summed E-state index contributed by atoms with van der Waals surface area (Å²) >= 11 is 0. The molecule has 0 aromatic heterocycles. The monoisotopic (exact) mass is 248 g/mol. The summed E-state index contributed by atoms with van der Waals surface area (Å²) in [6.45, 7) is -0.640. The van der Waals surface area contributed by atoms with Gasteiger partial charge in [-0.15, -0.1) is 0 Å². The van der Waals surface area contributed by atoms with Crippen molar-refractivity contribution in [1.29, 1.82) is 0 Å². The summed E-state index contributed by atoms with van der Waals surface area (Å²) in [4.78, 5) is 1.42. The van der Waals surface area contributed by atoms with Crippen molar-refractivity contribution in [3.8, 4) is 0 Å². The predicted molar refractivity (Wildman–Crippen MR) is 54.9 cm³/mol. The lowest BCUT2D eigenvalue weighted by molar-refractivity contribution is 0.483. The summed E-state index contributed by atoms with van der Waals surface area (Å²) < 4.78 is 50.7. The van der Waals surface area contributed by atoms with Crippen molar-refractivity contribution in [1.82, 2.24) is 4.72 Å². The zero-order chi connectivity index (χ0) is 11.8. The first kappa shape index (κ1) is 11.3. The standard InChI is InChI=1S/C9H10F2N2O2S/c10-3-4-13-6-12-16(14,15)9-2-1-7(11)5-8(9)13/h1-2,5,12H,3-4,6H2. The maximum absolute atomic E-state index is 13.0. The Bertz CT molecular complexity index is 504. The number of nitrogens with zero attached hydrogens (tertiary/aromatic N) is 1. The molecule has 0 spiro atoms. The molecule has 1 aromatic carbocycles. The Morgan fingerprint density at radius 1 is 1.44 bits per heavy atom. The molecule has 2 rings (SSSR count). The Labute approximate surface area is 91.9 Å². The summed E-state index contributed by atoms with van der Waals surface area (Å²) in [6, 6.07) is 3.35. The molecule has 0 unspecified atom stereocenters. The fraction of sp³-hybridized carbons (Fsp3) is 0.333. The first-order valence-corrected chi connectivity index (χ1v) is 6.13. The molecule has 1 N–H and O–H groups in total. The number of halogens is 2. The first-order valence-electron chi connectivity index (χ1n) is 4.65. The van der Waals surface area contributed by atoms with Gasteiger partial charge in [0.1, 0.15) is 17.4 Å². The molecule has 7 heteroatoms. The van der Waals surface area contributed by atoms with E-state index in [2.05, 4.69) is 4.72 Å². The summed E-state index contributed by atoms with van der Waals surface area (Å²) in [5.74, 6) is -0.542. The van der Waals surface area contributed by atoms with Crippen molar-refractivity contribution < 1.29 is 17.2 Å². The highest BCUT2D eigenvalue weighted by atomic mass is 32.2. The minimum Gasteiger partial charge on any atom is -0.354 e. The van der Waals surface area contributed by atoms with Gasteiger partial charge in [0.2, 0.25) is 10.0 Å². The fourth-order valence-electron chi connectivity index (χ4n) is 1.59. The Balaban J connectivity index is 2.54. The molecule has 16 heavy (non-hydrogen) atoms. The lowest BCUT2D eigenvalue weighted by atomic mass is 10.3. The highest BCUT2D eigenvalue weighted by Gasteiger charge is 2.27. The van der Waals surface area contributed by atoms with Gasteiger partial charge in [-0.25, -0.2) is 17.2 Å². The Morgan fingerprint density at radius 2 is 2.19 bits per heavy atom. The van der Waals surface area contributed by atoms with Gasteiger partial charge in [-0.3, -0.25) is 0 Å². The van der Waals surface area contributed by atoms with Crippen molar-refractivity contribution in [3.05, 3.63) is 24.0 Å². The largest absolute Gasteiger partial charge is 0.354 e. The molecular formula is C9H10F2N2O2S. The van der Waals surface area contributed by atoms with E-state index in [0.29, 0.717) is 0 Å². The average molecular weight is 248 g/mol. The van der Waals surface area contributed by atoms with Gasteiger partial charge < -0.3 is 4.90 Å². The van der Waals surface area contributed by atoms with Crippen LogP contribution in [0.5, 0.6) is 0 Å². The summed E-state index contributed by atoms with van der Waals surface area (Å²) in [5, 5.41) is 0. The third kappa shape index (κ3) is 1.88. The minimum atomic E-state index is -3.59. The zero-order valence-corrected chi connectivity index (χ0v) is 9.10. The molecule has 1 aliphatic heterocycles. The van der Waals surface area contributed by atoms with Crippen LogP contribution in [-0.4, -0.2) is 28.3 Å². The number of fused-ring (bicyclic) bond motifs is 1. The lowest BCUT2D eigenvalue weighted by Gasteiger charge is -2.30. The number of benzene rings is 1. The molecule has 88 valence electrons. The summed E-state index contributed by atoms with van der Waals surface area (Å²) in [6.07, 6.45) is 0. The van der Waals surface area contributed by atoms with Gasteiger partial charge >= 0.3 is 0 Å². The van der Waals surface area contributed by atoms with E-state index in [9.17, 15) is 17.2 Å². The molecule has 1 aromatic rings. The highest BCUT2D eigenvalue weighted by Crippen LogP contribution is 2.28. The van der Waals surface area contributed by atoms with Crippen LogP contribution in [0.3, 0.4) is 0 Å². The topological polar surface area (TPSA) is 49.4 Å². The number of sulfonamides is 1. The minimum absolute atomic E-state index is 0.0198. The third-order valence-corrected chi connectivity index (χ3v) is 3.78. The van der Waals surface area contributed by atoms with Crippen molar-refractivity contribution in [2.45, 2.75) is 4.90 Å². The molecule has 0 bridgehead atoms. The molecule has 1 heterocycles. The highest BCUT2D eigenvalue weighted by molar-refractivity contribution is 7.89. The average Bonchev–Trinajstić information content (AvgIpc) is 2.22. The summed E-state index contributed by atoms with van der Waals surface area (Å²) in [7, 11) is -3.59. The van der Waals surface area contributed by atoms with Gasteiger partial charge in [0.15, 0.2) is 0 Å². The number of anilines is 1. The molecule has 0 fully saturated rings. The number of rotatable bonds is 2. The van der Waals surface area contributed by atoms with Crippen molar-refractivity contribution in [3.63, 3.8) is 0 Å².